The smallest absolute Gasteiger partial charge is 0.242 e. The van der Waals surface area contributed by atoms with Gasteiger partial charge in [0, 0.05) is 26.1 Å². The van der Waals surface area contributed by atoms with Crippen molar-refractivity contribution in [1.82, 2.24) is 10.2 Å². The molecule has 2 rings (SSSR count). The number of carbonyl (C=O) groups is 2. The Morgan fingerprint density at radius 2 is 1.67 bits per heavy atom. The van der Waals surface area contributed by atoms with Gasteiger partial charge in [-0.2, -0.15) is 0 Å². The fourth-order valence-electron chi connectivity index (χ4n) is 3.82. The number of para-hydroxylation sites is 2. The zero-order valence-corrected chi connectivity index (χ0v) is 22.6. The van der Waals surface area contributed by atoms with E-state index in [0.29, 0.717) is 37.6 Å². The van der Waals surface area contributed by atoms with Crippen LogP contribution in [-0.2, 0) is 26.2 Å². The summed E-state index contributed by atoms with van der Waals surface area (Å²) in [5, 5.41) is 2.90. The molecule has 2 aromatic rings. The molecule has 0 saturated carbocycles. The van der Waals surface area contributed by atoms with E-state index < -0.39 is 16.1 Å². The highest BCUT2D eigenvalue weighted by atomic mass is 32.2. The number of carbonyl (C=O) groups excluding carboxylic acids is 2. The molecule has 2 aromatic carbocycles. The molecule has 0 spiro atoms. The van der Waals surface area contributed by atoms with Crippen LogP contribution in [0.5, 0.6) is 5.75 Å². The summed E-state index contributed by atoms with van der Waals surface area (Å²) in [5.74, 6) is 0.0690. The third-order valence-electron chi connectivity index (χ3n) is 5.78. The molecule has 198 valence electrons. The standard InChI is InChI=1S/C27H39N3O5S/c1-5-7-19-28-27(32)22(3)29(21-23-14-9-8-10-15-23)26(31)18-13-20-30(36(4,33)34)24-16-11-12-17-25(24)35-6-2/h8-12,14-17,22H,5-7,13,18-21H2,1-4H3,(H,28,32)/t22-/m1/s1. The van der Waals surface area contributed by atoms with Crippen LogP contribution in [0.4, 0.5) is 5.69 Å². The maximum atomic E-state index is 13.3. The van der Waals surface area contributed by atoms with Gasteiger partial charge >= 0.3 is 0 Å². The van der Waals surface area contributed by atoms with Crippen molar-refractivity contribution in [2.75, 3.05) is 30.3 Å². The average molecular weight is 518 g/mol. The third kappa shape index (κ3) is 8.86. The summed E-state index contributed by atoms with van der Waals surface area (Å²) in [7, 11) is -3.60. The number of sulfonamides is 1. The topological polar surface area (TPSA) is 96.0 Å². The number of rotatable bonds is 15. The predicted octanol–water partition coefficient (Wildman–Crippen LogP) is 3.97. The van der Waals surface area contributed by atoms with Crippen LogP contribution in [0.3, 0.4) is 0 Å². The minimum Gasteiger partial charge on any atom is -0.492 e. The Bertz CT molecular complexity index is 1080. The van der Waals surface area contributed by atoms with Crippen LogP contribution in [-0.4, -0.2) is 57.1 Å². The van der Waals surface area contributed by atoms with Crippen molar-refractivity contribution in [2.45, 2.75) is 59.0 Å². The van der Waals surface area contributed by atoms with Gasteiger partial charge in [-0.3, -0.25) is 13.9 Å². The fraction of sp³-hybridized carbons (Fsp3) is 0.481. The molecule has 9 heteroatoms. The third-order valence-corrected chi connectivity index (χ3v) is 6.96. The first kappa shape index (κ1) is 29.2. The molecule has 0 aliphatic heterocycles. The van der Waals surface area contributed by atoms with Gasteiger partial charge in [0.15, 0.2) is 0 Å². The largest absolute Gasteiger partial charge is 0.492 e. The Morgan fingerprint density at radius 3 is 2.31 bits per heavy atom. The first-order valence-corrected chi connectivity index (χ1v) is 14.3. The quantitative estimate of drug-likeness (QED) is 0.361. The first-order chi connectivity index (χ1) is 17.2. The molecule has 0 radical (unpaired) electrons. The Kier molecular flexibility index (Phi) is 11.7. The van der Waals surface area contributed by atoms with Crippen LogP contribution < -0.4 is 14.4 Å². The van der Waals surface area contributed by atoms with E-state index in [-0.39, 0.29) is 24.8 Å². The van der Waals surface area contributed by atoms with Crippen molar-refractivity contribution in [2.24, 2.45) is 0 Å². The molecule has 2 amide bonds. The number of benzene rings is 2. The van der Waals surface area contributed by atoms with E-state index in [4.69, 9.17) is 4.74 Å². The van der Waals surface area contributed by atoms with Crippen LogP contribution in [0.25, 0.3) is 0 Å². The molecule has 0 aliphatic carbocycles. The number of hydrogen-bond acceptors (Lipinski definition) is 5. The molecule has 8 nitrogen and oxygen atoms in total. The predicted molar refractivity (Wildman–Crippen MR) is 143 cm³/mol. The van der Waals surface area contributed by atoms with Gasteiger partial charge in [-0.05, 0) is 44.4 Å². The highest BCUT2D eigenvalue weighted by Gasteiger charge is 2.27. The second-order valence-electron chi connectivity index (χ2n) is 8.67. The summed E-state index contributed by atoms with van der Waals surface area (Å²) in [5.41, 5.74) is 1.36. The number of anilines is 1. The number of unbranched alkanes of at least 4 members (excludes halogenated alkanes) is 1. The van der Waals surface area contributed by atoms with Gasteiger partial charge in [-0.25, -0.2) is 8.42 Å². The summed E-state index contributed by atoms with van der Waals surface area (Å²) in [6.07, 6.45) is 3.37. The minimum atomic E-state index is -3.60. The van der Waals surface area contributed by atoms with Crippen LogP contribution in [0.2, 0.25) is 0 Å². The van der Waals surface area contributed by atoms with Gasteiger partial charge in [-0.1, -0.05) is 55.8 Å². The zero-order valence-electron chi connectivity index (χ0n) is 21.8. The van der Waals surface area contributed by atoms with E-state index in [1.165, 1.54) is 4.31 Å². The van der Waals surface area contributed by atoms with Gasteiger partial charge in [0.05, 0.1) is 18.6 Å². The molecule has 0 heterocycles. The van der Waals surface area contributed by atoms with E-state index in [0.717, 1.165) is 24.7 Å². The van der Waals surface area contributed by atoms with Crippen LogP contribution in [0.15, 0.2) is 54.6 Å². The second-order valence-corrected chi connectivity index (χ2v) is 10.6. The van der Waals surface area contributed by atoms with Crippen LogP contribution >= 0.6 is 0 Å². The average Bonchev–Trinajstić information content (AvgIpc) is 2.85. The lowest BCUT2D eigenvalue weighted by Crippen LogP contribution is -2.47. The van der Waals surface area contributed by atoms with Crippen LogP contribution in [0.1, 0.15) is 52.0 Å². The molecule has 1 atom stereocenters. The monoisotopic (exact) mass is 517 g/mol. The molecule has 36 heavy (non-hydrogen) atoms. The Hall–Kier alpha value is -3.07. The lowest BCUT2D eigenvalue weighted by molar-refractivity contribution is -0.140. The number of amides is 2. The minimum absolute atomic E-state index is 0.0994. The molecular formula is C27H39N3O5S. The number of hydrogen-bond donors (Lipinski definition) is 1. The van der Waals surface area contributed by atoms with Gasteiger partial charge in [0.25, 0.3) is 0 Å². The second kappa shape index (κ2) is 14.5. The summed E-state index contributed by atoms with van der Waals surface area (Å²) in [4.78, 5) is 27.6. The molecule has 0 unspecified atom stereocenters. The lowest BCUT2D eigenvalue weighted by Gasteiger charge is -2.29. The van der Waals surface area contributed by atoms with Gasteiger partial charge in [0.2, 0.25) is 21.8 Å². The van der Waals surface area contributed by atoms with E-state index in [1.54, 1.807) is 36.1 Å². The lowest BCUT2D eigenvalue weighted by atomic mass is 10.1. The van der Waals surface area contributed by atoms with Crippen molar-refractivity contribution in [1.29, 1.82) is 0 Å². The van der Waals surface area contributed by atoms with E-state index in [1.807, 2.05) is 44.2 Å². The highest BCUT2D eigenvalue weighted by Crippen LogP contribution is 2.30. The summed E-state index contributed by atoms with van der Waals surface area (Å²) in [6, 6.07) is 15.8. The molecule has 0 aromatic heterocycles. The zero-order chi connectivity index (χ0) is 26.6. The molecule has 1 N–H and O–H groups in total. The maximum absolute atomic E-state index is 13.3. The Morgan fingerprint density at radius 1 is 1.00 bits per heavy atom. The summed E-state index contributed by atoms with van der Waals surface area (Å²) < 4.78 is 32.1. The number of nitrogens with one attached hydrogen (secondary N) is 1. The van der Waals surface area contributed by atoms with E-state index >= 15 is 0 Å². The summed E-state index contributed by atoms with van der Waals surface area (Å²) >= 11 is 0. The van der Waals surface area contributed by atoms with E-state index in [2.05, 4.69) is 5.32 Å². The van der Waals surface area contributed by atoms with Crippen molar-refractivity contribution in [3.05, 3.63) is 60.2 Å². The molecular weight excluding hydrogens is 478 g/mol. The molecule has 0 saturated heterocycles. The van der Waals surface area contributed by atoms with Crippen molar-refractivity contribution in [3.63, 3.8) is 0 Å². The van der Waals surface area contributed by atoms with Crippen molar-refractivity contribution < 1.29 is 22.7 Å². The van der Waals surface area contributed by atoms with Crippen molar-refractivity contribution >= 4 is 27.5 Å². The fourth-order valence-corrected chi connectivity index (χ4v) is 4.79. The van der Waals surface area contributed by atoms with Crippen LogP contribution in [0, 0.1) is 0 Å². The van der Waals surface area contributed by atoms with Gasteiger partial charge < -0.3 is 15.0 Å². The van der Waals surface area contributed by atoms with Gasteiger partial charge in [-0.15, -0.1) is 0 Å². The number of nitrogens with zero attached hydrogens (tertiary/aromatic N) is 2. The maximum Gasteiger partial charge on any atom is 0.242 e. The van der Waals surface area contributed by atoms with E-state index in [9.17, 15) is 18.0 Å². The van der Waals surface area contributed by atoms with Gasteiger partial charge in [0.1, 0.15) is 11.8 Å². The first-order valence-electron chi connectivity index (χ1n) is 12.5. The van der Waals surface area contributed by atoms with Crippen molar-refractivity contribution in [3.8, 4) is 5.75 Å². The SMILES string of the molecule is CCCCNC(=O)[C@@H](C)N(Cc1ccccc1)C(=O)CCCN(c1ccccc1OCC)S(C)(=O)=O. The number of ether oxygens (including phenoxy) is 1. The molecule has 0 fully saturated rings. The summed E-state index contributed by atoms with van der Waals surface area (Å²) in [6.45, 7) is 6.99. The Labute approximate surface area is 215 Å². The Balaban J connectivity index is 2.15. The normalized spacial score (nSPS) is 12.0. The highest BCUT2D eigenvalue weighted by molar-refractivity contribution is 7.92. The molecule has 0 bridgehead atoms. The molecule has 0 aliphatic rings.